The zero-order valence-corrected chi connectivity index (χ0v) is 7.51. The largest absolute Gasteiger partial charge is 0.481 e. The summed E-state index contributed by atoms with van der Waals surface area (Å²) < 4.78 is 0. The van der Waals surface area contributed by atoms with Gasteiger partial charge in [-0.3, -0.25) is 9.59 Å². The van der Waals surface area contributed by atoms with Crippen LogP contribution in [0.3, 0.4) is 0 Å². The predicted octanol–water partition coefficient (Wildman–Crippen LogP) is 2.00. The fourth-order valence-corrected chi connectivity index (χ4v) is 1.00. The lowest BCUT2D eigenvalue weighted by Gasteiger charge is -1.97. The molecule has 0 aliphatic heterocycles. The topological polar surface area (TPSA) is 54.4 Å². The van der Waals surface area contributed by atoms with Crippen molar-refractivity contribution < 1.29 is 14.7 Å². The van der Waals surface area contributed by atoms with Crippen LogP contribution in [0.4, 0.5) is 0 Å². The average Bonchev–Trinajstić information content (AvgIpc) is 1.98. The van der Waals surface area contributed by atoms with Gasteiger partial charge >= 0.3 is 5.97 Å². The van der Waals surface area contributed by atoms with Crippen LogP contribution < -0.4 is 0 Å². The molecule has 0 radical (unpaired) electrons. The van der Waals surface area contributed by atoms with Crippen molar-refractivity contribution in [2.75, 3.05) is 0 Å². The molecule has 0 rings (SSSR count). The van der Waals surface area contributed by atoms with Crippen molar-refractivity contribution in [1.29, 1.82) is 0 Å². The predicted molar refractivity (Wildman–Crippen MR) is 46.0 cm³/mol. The Balaban J connectivity index is 3.19. The van der Waals surface area contributed by atoms with Gasteiger partial charge in [-0.2, -0.15) is 0 Å². The molecule has 0 heterocycles. The first-order valence-corrected chi connectivity index (χ1v) is 4.40. The monoisotopic (exact) mass is 172 g/mol. The minimum Gasteiger partial charge on any atom is -0.481 e. The molecule has 0 aromatic carbocycles. The number of carbonyl (C=O) groups excluding carboxylic acids is 1. The highest BCUT2D eigenvalue weighted by molar-refractivity contribution is 5.78. The van der Waals surface area contributed by atoms with Gasteiger partial charge in [0, 0.05) is 19.3 Å². The van der Waals surface area contributed by atoms with E-state index in [0.29, 0.717) is 25.7 Å². The summed E-state index contributed by atoms with van der Waals surface area (Å²) in [5.41, 5.74) is 0. The van der Waals surface area contributed by atoms with Crippen molar-refractivity contribution >= 4 is 11.8 Å². The Morgan fingerprint density at radius 1 is 1.08 bits per heavy atom. The Morgan fingerprint density at radius 2 is 1.67 bits per heavy atom. The molecule has 0 spiro atoms. The number of hydrogen-bond donors (Lipinski definition) is 1. The maximum Gasteiger partial charge on any atom is 0.303 e. The Kier molecular flexibility index (Phi) is 6.34. The summed E-state index contributed by atoms with van der Waals surface area (Å²) in [6.45, 7) is 1.97. The molecule has 3 heteroatoms. The minimum atomic E-state index is -0.780. The molecular formula is C9H16O3. The van der Waals surface area contributed by atoms with E-state index in [2.05, 4.69) is 0 Å². The first kappa shape index (κ1) is 11.1. The van der Waals surface area contributed by atoms with Gasteiger partial charge in [0.1, 0.15) is 5.78 Å². The highest BCUT2D eigenvalue weighted by atomic mass is 16.4. The van der Waals surface area contributed by atoms with Gasteiger partial charge in [0.15, 0.2) is 0 Å². The Morgan fingerprint density at radius 3 is 2.17 bits per heavy atom. The summed E-state index contributed by atoms with van der Waals surface area (Å²) >= 11 is 0. The lowest BCUT2D eigenvalue weighted by Crippen LogP contribution is -1.98. The summed E-state index contributed by atoms with van der Waals surface area (Å²) in [5, 5.41) is 8.30. The Bertz CT molecular complexity index is 152. The lowest BCUT2D eigenvalue weighted by atomic mass is 10.1. The van der Waals surface area contributed by atoms with E-state index in [9.17, 15) is 9.59 Å². The van der Waals surface area contributed by atoms with Gasteiger partial charge in [0.2, 0.25) is 0 Å². The zero-order chi connectivity index (χ0) is 9.40. The van der Waals surface area contributed by atoms with E-state index in [1.165, 1.54) is 0 Å². The summed E-state index contributed by atoms with van der Waals surface area (Å²) in [6, 6.07) is 0. The SMILES string of the molecule is CCCC(=O)CCCCC(=O)O. The van der Waals surface area contributed by atoms with E-state index in [4.69, 9.17) is 5.11 Å². The number of carboxylic acids is 1. The van der Waals surface area contributed by atoms with E-state index >= 15 is 0 Å². The molecule has 12 heavy (non-hydrogen) atoms. The van der Waals surface area contributed by atoms with Crippen LogP contribution in [-0.2, 0) is 9.59 Å². The molecule has 0 aliphatic rings. The zero-order valence-electron chi connectivity index (χ0n) is 7.51. The standard InChI is InChI=1S/C9H16O3/c1-2-5-8(10)6-3-4-7-9(11)12/h2-7H2,1H3,(H,11,12). The molecule has 0 fully saturated rings. The van der Waals surface area contributed by atoms with Gasteiger partial charge in [-0.15, -0.1) is 0 Å². The Hall–Kier alpha value is -0.860. The Labute approximate surface area is 72.8 Å². The van der Waals surface area contributed by atoms with Crippen LogP contribution in [0.15, 0.2) is 0 Å². The van der Waals surface area contributed by atoms with Gasteiger partial charge in [-0.25, -0.2) is 0 Å². The second-order valence-corrected chi connectivity index (χ2v) is 2.89. The van der Waals surface area contributed by atoms with Gasteiger partial charge in [-0.05, 0) is 19.3 Å². The molecule has 0 atom stereocenters. The molecule has 0 saturated heterocycles. The molecular weight excluding hydrogens is 156 g/mol. The van der Waals surface area contributed by atoms with Crippen molar-refractivity contribution in [3.8, 4) is 0 Å². The second kappa shape index (κ2) is 6.83. The average molecular weight is 172 g/mol. The van der Waals surface area contributed by atoms with Crippen LogP contribution in [0, 0.1) is 0 Å². The number of Topliss-reactive ketones (excluding diaryl/α,β-unsaturated/α-hetero) is 1. The fraction of sp³-hybridized carbons (Fsp3) is 0.778. The highest BCUT2D eigenvalue weighted by Crippen LogP contribution is 2.03. The van der Waals surface area contributed by atoms with Crippen molar-refractivity contribution in [3.05, 3.63) is 0 Å². The molecule has 0 saturated carbocycles. The number of hydrogen-bond acceptors (Lipinski definition) is 2. The van der Waals surface area contributed by atoms with E-state index < -0.39 is 5.97 Å². The third kappa shape index (κ3) is 7.25. The van der Waals surface area contributed by atoms with Crippen LogP contribution in [0.5, 0.6) is 0 Å². The van der Waals surface area contributed by atoms with E-state index in [1.54, 1.807) is 0 Å². The smallest absolute Gasteiger partial charge is 0.303 e. The number of rotatable bonds is 7. The van der Waals surface area contributed by atoms with E-state index in [0.717, 1.165) is 6.42 Å². The molecule has 0 amide bonds. The molecule has 0 aromatic heterocycles. The summed E-state index contributed by atoms with van der Waals surface area (Å²) in [5.74, 6) is -0.527. The number of carbonyl (C=O) groups is 2. The van der Waals surface area contributed by atoms with Crippen molar-refractivity contribution in [2.24, 2.45) is 0 Å². The second-order valence-electron chi connectivity index (χ2n) is 2.89. The number of carboxylic acid groups (broad SMARTS) is 1. The van der Waals surface area contributed by atoms with Gasteiger partial charge < -0.3 is 5.11 Å². The lowest BCUT2D eigenvalue weighted by molar-refractivity contribution is -0.137. The van der Waals surface area contributed by atoms with Gasteiger partial charge in [-0.1, -0.05) is 6.92 Å². The molecule has 3 nitrogen and oxygen atoms in total. The first-order chi connectivity index (χ1) is 5.66. The number of ketones is 1. The van der Waals surface area contributed by atoms with Crippen molar-refractivity contribution in [1.82, 2.24) is 0 Å². The van der Waals surface area contributed by atoms with Crippen LogP contribution in [-0.4, -0.2) is 16.9 Å². The summed E-state index contributed by atoms with van der Waals surface area (Å²) in [4.78, 5) is 21.0. The van der Waals surface area contributed by atoms with E-state index in [-0.39, 0.29) is 12.2 Å². The molecule has 0 aliphatic carbocycles. The maximum atomic E-state index is 10.9. The minimum absolute atomic E-state index is 0.180. The third-order valence-electron chi connectivity index (χ3n) is 1.63. The molecule has 1 N–H and O–H groups in total. The summed E-state index contributed by atoms with van der Waals surface area (Å²) in [6.07, 6.45) is 3.57. The van der Waals surface area contributed by atoms with Crippen LogP contribution >= 0.6 is 0 Å². The molecule has 0 bridgehead atoms. The first-order valence-electron chi connectivity index (χ1n) is 4.40. The normalized spacial score (nSPS) is 9.75. The van der Waals surface area contributed by atoms with Crippen molar-refractivity contribution in [3.63, 3.8) is 0 Å². The fourth-order valence-electron chi connectivity index (χ4n) is 1.00. The van der Waals surface area contributed by atoms with Crippen molar-refractivity contribution in [2.45, 2.75) is 45.4 Å². The van der Waals surface area contributed by atoms with Gasteiger partial charge in [0.05, 0.1) is 0 Å². The van der Waals surface area contributed by atoms with E-state index in [1.807, 2.05) is 6.92 Å². The number of aliphatic carboxylic acids is 1. The molecule has 70 valence electrons. The number of unbranched alkanes of at least 4 members (excludes halogenated alkanes) is 1. The van der Waals surface area contributed by atoms with Crippen LogP contribution in [0.25, 0.3) is 0 Å². The third-order valence-corrected chi connectivity index (χ3v) is 1.63. The molecule has 0 unspecified atom stereocenters. The maximum absolute atomic E-state index is 10.9. The van der Waals surface area contributed by atoms with Crippen LogP contribution in [0.2, 0.25) is 0 Å². The highest BCUT2D eigenvalue weighted by Gasteiger charge is 2.01. The van der Waals surface area contributed by atoms with Crippen LogP contribution in [0.1, 0.15) is 45.4 Å². The quantitative estimate of drug-likeness (QED) is 0.597. The summed E-state index contributed by atoms with van der Waals surface area (Å²) in [7, 11) is 0. The van der Waals surface area contributed by atoms with Gasteiger partial charge in [0.25, 0.3) is 0 Å². The molecule has 0 aromatic rings.